The van der Waals surface area contributed by atoms with E-state index in [1.807, 2.05) is 11.0 Å². The summed E-state index contributed by atoms with van der Waals surface area (Å²) in [6, 6.07) is 0. The molecular weight excluding hydrogens is 260 g/mol. The van der Waals surface area contributed by atoms with E-state index in [2.05, 4.69) is 38.8 Å². The summed E-state index contributed by atoms with van der Waals surface area (Å²) in [7, 11) is 2.12. The number of carbonyl (C=O) groups excluding carboxylic acids is 1. The van der Waals surface area contributed by atoms with Crippen LogP contribution in [0.15, 0.2) is 12.2 Å². The molecule has 3 aliphatic rings. The number of carbonyl (C=O) groups is 1. The number of hydrogen-bond acceptors (Lipinski definition) is 2. The molecule has 0 N–H and O–H groups in total. The second kappa shape index (κ2) is 4.84. The minimum Gasteiger partial charge on any atom is -0.337 e. The van der Waals surface area contributed by atoms with Crippen LogP contribution in [-0.4, -0.2) is 48.9 Å². The monoisotopic (exact) mass is 290 g/mol. The number of amides is 1. The van der Waals surface area contributed by atoms with Gasteiger partial charge in [0.15, 0.2) is 0 Å². The Morgan fingerprint density at radius 2 is 1.71 bits per heavy atom. The van der Waals surface area contributed by atoms with E-state index < -0.39 is 0 Å². The molecular formula is C18H30N2O. The fourth-order valence-corrected chi connectivity index (χ4v) is 4.91. The third-order valence-electron chi connectivity index (χ3n) is 6.68. The summed E-state index contributed by atoms with van der Waals surface area (Å²) in [6.45, 7) is 10.9. The fourth-order valence-electron chi connectivity index (χ4n) is 4.91. The summed E-state index contributed by atoms with van der Waals surface area (Å²) in [5.74, 6) is 0.216. The Kier molecular flexibility index (Phi) is 3.47. The van der Waals surface area contributed by atoms with Gasteiger partial charge in [-0.25, -0.2) is 0 Å². The number of hydrogen-bond donors (Lipinski definition) is 0. The molecule has 3 heteroatoms. The first kappa shape index (κ1) is 15.1. The zero-order valence-electron chi connectivity index (χ0n) is 14.1. The van der Waals surface area contributed by atoms with E-state index in [1.54, 1.807) is 0 Å². The van der Waals surface area contributed by atoms with Crippen LogP contribution in [0.5, 0.6) is 0 Å². The Labute approximate surface area is 129 Å². The molecule has 3 nitrogen and oxygen atoms in total. The molecule has 0 radical (unpaired) electrons. The largest absolute Gasteiger partial charge is 0.337 e. The maximum Gasteiger partial charge on any atom is 0.246 e. The van der Waals surface area contributed by atoms with Crippen LogP contribution in [0, 0.1) is 16.2 Å². The van der Waals surface area contributed by atoms with Gasteiger partial charge in [-0.05, 0) is 48.6 Å². The minimum atomic E-state index is 0.216. The van der Waals surface area contributed by atoms with Gasteiger partial charge in [-0.1, -0.05) is 33.3 Å². The van der Waals surface area contributed by atoms with Crippen LogP contribution in [0.3, 0.4) is 0 Å². The predicted octanol–water partition coefficient (Wildman–Crippen LogP) is 2.92. The Balaban J connectivity index is 1.70. The lowest BCUT2D eigenvalue weighted by Crippen LogP contribution is -2.46. The molecule has 21 heavy (non-hydrogen) atoms. The Morgan fingerprint density at radius 1 is 1.05 bits per heavy atom. The van der Waals surface area contributed by atoms with Gasteiger partial charge in [0.05, 0.1) is 0 Å². The maximum atomic E-state index is 12.4. The van der Waals surface area contributed by atoms with Crippen molar-refractivity contribution in [2.45, 2.75) is 46.5 Å². The van der Waals surface area contributed by atoms with Crippen LogP contribution >= 0.6 is 0 Å². The van der Waals surface area contributed by atoms with Crippen LogP contribution in [0.2, 0.25) is 0 Å². The van der Waals surface area contributed by atoms with Gasteiger partial charge in [-0.3, -0.25) is 4.79 Å². The molecule has 1 amide bonds. The molecule has 1 saturated heterocycles. The van der Waals surface area contributed by atoms with E-state index >= 15 is 0 Å². The van der Waals surface area contributed by atoms with E-state index in [0.717, 1.165) is 26.2 Å². The van der Waals surface area contributed by atoms with Crippen LogP contribution in [0.25, 0.3) is 0 Å². The standard InChI is InChI=1S/C18H30N2O/c1-16(2)7-5-8-17(3)14-18(16,17)9-6-15(21)20-12-10-19(4)11-13-20/h6,9H,5,7-8,10-14H2,1-4H3/b9-6+. The van der Waals surface area contributed by atoms with Crippen molar-refractivity contribution < 1.29 is 4.79 Å². The molecule has 2 atom stereocenters. The van der Waals surface area contributed by atoms with E-state index in [-0.39, 0.29) is 11.3 Å². The molecule has 0 aromatic rings. The van der Waals surface area contributed by atoms with Gasteiger partial charge in [-0.15, -0.1) is 0 Å². The number of fused-ring (bicyclic) bond motifs is 1. The van der Waals surface area contributed by atoms with Gasteiger partial charge in [0, 0.05) is 26.2 Å². The van der Waals surface area contributed by atoms with Gasteiger partial charge in [0.2, 0.25) is 5.91 Å². The van der Waals surface area contributed by atoms with Crippen molar-refractivity contribution in [3.05, 3.63) is 12.2 Å². The molecule has 2 saturated carbocycles. The first-order valence-electron chi connectivity index (χ1n) is 8.46. The van der Waals surface area contributed by atoms with Crippen LogP contribution < -0.4 is 0 Å². The van der Waals surface area contributed by atoms with E-state index in [1.165, 1.54) is 25.7 Å². The molecule has 0 aromatic carbocycles. The lowest BCUT2D eigenvalue weighted by molar-refractivity contribution is -0.127. The van der Waals surface area contributed by atoms with Crippen molar-refractivity contribution in [2.24, 2.45) is 16.2 Å². The first-order chi connectivity index (χ1) is 9.80. The predicted molar refractivity (Wildman–Crippen MR) is 86.0 cm³/mol. The minimum absolute atomic E-state index is 0.216. The molecule has 1 aliphatic heterocycles. The highest BCUT2D eigenvalue weighted by atomic mass is 16.2. The Hall–Kier alpha value is -0.830. The molecule has 0 aromatic heterocycles. The number of piperazine rings is 1. The van der Waals surface area contributed by atoms with Crippen LogP contribution in [0.1, 0.15) is 46.5 Å². The summed E-state index contributed by atoms with van der Waals surface area (Å²) in [6.07, 6.45) is 9.39. The highest BCUT2D eigenvalue weighted by molar-refractivity contribution is 5.88. The van der Waals surface area contributed by atoms with Gasteiger partial charge >= 0.3 is 0 Å². The smallest absolute Gasteiger partial charge is 0.246 e. The third-order valence-corrected chi connectivity index (χ3v) is 6.68. The SMILES string of the molecule is CN1CCN(C(=O)/C=C/C23CC2(C)CCCC3(C)C)CC1. The summed E-state index contributed by atoms with van der Waals surface area (Å²) in [5, 5.41) is 0. The first-order valence-corrected chi connectivity index (χ1v) is 8.46. The topological polar surface area (TPSA) is 23.6 Å². The second-order valence-electron chi connectivity index (χ2n) is 8.41. The summed E-state index contributed by atoms with van der Waals surface area (Å²) < 4.78 is 0. The molecule has 2 aliphatic carbocycles. The second-order valence-corrected chi connectivity index (χ2v) is 8.41. The van der Waals surface area contributed by atoms with Crippen LogP contribution in [-0.2, 0) is 4.79 Å². The van der Waals surface area contributed by atoms with Crippen LogP contribution in [0.4, 0.5) is 0 Å². The lowest BCUT2D eigenvalue weighted by Gasteiger charge is -2.41. The van der Waals surface area contributed by atoms with Gasteiger partial charge in [0.1, 0.15) is 0 Å². The third kappa shape index (κ3) is 2.34. The zero-order chi connectivity index (χ0) is 15.3. The summed E-state index contributed by atoms with van der Waals surface area (Å²) in [4.78, 5) is 16.7. The van der Waals surface area contributed by atoms with Crippen molar-refractivity contribution in [1.82, 2.24) is 9.80 Å². The Bertz CT molecular complexity index is 462. The highest BCUT2D eigenvalue weighted by Crippen LogP contribution is 2.78. The van der Waals surface area contributed by atoms with Crippen molar-refractivity contribution in [2.75, 3.05) is 33.2 Å². The summed E-state index contributed by atoms with van der Waals surface area (Å²) in [5.41, 5.74) is 1.03. The fraction of sp³-hybridized carbons (Fsp3) is 0.833. The number of likely N-dealkylation sites (N-methyl/N-ethyl adjacent to an activating group) is 1. The number of nitrogens with zero attached hydrogens (tertiary/aromatic N) is 2. The van der Waals surface area contributed by atoms with E-state index in [9.17, 15) is 4.79 Å². The lowest BCUT2D eigenvalue weighted by atomic mass is 9.63. The average Bonchev–Trinajstić information content (AvgIpc) is 3.05. The highest BCUT2D eigenvalue weighted by Gasteiger charge is 2.70. The van der Waals surface area contributed by atoms with Crippen molar-refractivity contribution in [1.29, 1.82) is 0 Å². The molecule has 3 fully saturated rings. The van der Waals surface area contributed by atoms with Gasteiger partial charge in [-0.2, -0.15) is 0 Å². The Morgan fingerprint density at radius 3 is 2.33 bits per heavy atom. The van der Waals surface area contributed by atoms with E-state index in [0.29, 0.717) is 10.8 Å². The van der Waals surface area contributed by atoms with Gasteiger partial charge in [0.25, 0.3) is 0 Å². The zero-order valence-corrected chi connectivity index (χ0v) is 14.1. The number of rotatable bonds is 2. The molecule has 0 bridgehead atoms. The van der Waals surface area contributed by atoms with E-state index in [4.69, 9.17) is 0 Å². The van der Waals surface area contributed by atoms with Gasteiger partial charge < -0.3 is 9.80 Å². The molecule has 118 valence electrons. The van der Waals surface area contributed by atoms with Crippen molar-refractivity contribution in [3.8, 4) is 0 Å². The van der Waals surface area contributed by atoms with Crippen molar-refractivity contribution >= 4 is 5.91 Å². The normalized spacial score (nSPS) is 39.3. The quantitative estimate of drug-likeness (QED) is 0.730. The summed E-state index contributed by atoms with van der Waals surface area (Å²) >= 11 is 0. The maximum absolute atomic E-state index is 12.4. The molecule has 1 heterocycles. The number of allylic oxidation sites excluding steroid dienone is 1. The molecule has 0 spiro atoms. The molecule has 3 rings (SSSR count). The average molecular weight is 290 g/mol. The van der Waals surface area contributed by atoms with Crippen molar-refractivity contribution in [3.63, 3.8) is 0 Å². The molecule has 2 unspecified atom stereocenters.